The molecule has 2 N–H and O–H groups in total. The van der Waals surface area contributed by atoms with Crippen LogP contribution in [0.15, 0.2) is 12.1 Å². The zero-order valence-electron chi connectivity index (χ0n) is 9.93. The van der Waals surface area contributed by atoms with E-state index in [0.29, 0.717) is 5.25 Å². The molecule has 1 aromatic heterocycles. The Kier molecular flexibility index (Phi) is 3.57. The lowest BCUT2D eigenvalue weighted by Gasteiger charge is -2.34. The average molecular weight is 252 g/mol. The highest BCUT2D eigenvalue weighted by Gasteiger charge is 2.30. The molecule has 0 unspecified atom stereocenters. The summed E-state index contributed by atoms with van der Waals surface area (Å²) in [4.78, 5) is 15.9. The summed E-state index contributed by atoms with van der Waals surface area (Å²) in [5.41, 5.74) is 0.848. The van der Waals surface area contributed by atoms with Gasteiger partial charge in [0.1, 0.15) is 5.75 Å². The zero-order valence-corrected chi connectivity index (χ0v) is 10.8. The summed E-state index contributed by atoms with van der Waals surface area (Å²) in [5.74, 6) is -0.343. The van der Waals surface area contributed by atoms with E-state index in [1.807, 2.05) is 11.8 Å². The normalized spacial score (nSPS) is 22.9. The predicted octanol–water partition coefficient (Wildman–Crippen LogP) is 1.72. The molecular weight excluding hydrogens is 236 g/mol. The van der Waals surface area contributed by atoms with Crippen LogP contribution in [0.4, 0.5) is 0 Å². The number of pyridine rings is 1. The number of thioether (sulfide) groups is 1. The minimum Gasteiger partial charge on any atom is -0.505 e. The van der Waals surface area contributed by atoms with E-state index < -0.39 is 0 Å². The Labute approximate surface area is 105 Å². The van der Waals surface area contributed by atoms with Gasteiger partial charge in [0.15, 0.2) is 5.69 Å². The van der Waals surface area contributed by atoms with Crippen molar-refractivity contribution < 1.29 is 9.90 Å². The second-order valence-corrected chi connectivity index (χ2v) is 5.46. The number of hydrogen-bond acceptors (Lipinski definition) is 4. The van der Waals surface area contributed by atoms with Gasteiger partial charge in [-0.25, -0.2) is 4.98 Å². The van der Waals surface area contributed by atoms with Gasteiger partial charge in [-0.15, -0.1) is 0 Å². The van der Waals surface area contributed by atoms with Gasteiger partial charge in [0, 0.05) is 17.0 Å². The number of nitrogens with zero attached hydrogens (tertiary/aromatic N) is 1. The number of hydrogen-bond donors (Lipinski definition) is 2. The summed E-state index contributed by atoms with van der Waals surface area (Å²) in [6.07, 6.45) is 4.08. The van der Waals surface area contributed by atoms with E-state index in [9.17, 15) is 9.90 Å². The SMILES string of the molecule is CSC1CC(NC(=O)c2nc(C)ccc2O)C1. The van der Waals surface area contributed by atoms with Gasteiger partial charge in [-0.1, -0.05) is 0 Å². The van der Waals surface area contributed by atoms with Crippen molar-refractivity contribution in [1.82, 2.24) is 10.3 Å². The molecule has 17 heavy (non-hydrogen) atoms. The fourth-order valence-electron chi connectivity index (χ4n) is 1.85. The molecule has 5 heteroatoms. The van der Waals surface area contributed by atoms with Gasteiger partial charge >= 0.3 is 0 Å². The molecular formula is C12H16N2O2S. The Bertz CT molecular complexity index is 431. The van der Waals surface area contributed by atoms with Gasteiger partial charge in [-0.2, -0.15) is 11.8 Å². The summed E-state index contributed by atoms with van der Waals surface area (Å²) in [6.45, 7) is 1.79. The van der Waals surface area contributed by atoms with E-state index in [2.05, 4.69) is 16.6 Å². The fourth-order valence-corrected chi connectivity index (χ4v) is 2.70. The molecule has 1 amide bonds. The predicted molar refractivity (Wildman–Crippen MR) is 68.4 cm³/mol. The van der Waals surface area contributed by atoms with Crippen LogP contribution in [0, 0.1) is 6.92 Å². The molecule has 0 aliphatic heterocycles. The number of aromatic nitrogens is 1. The highest BCUT2D eigenvalue weighted by molar-refractivity contribution is 7.99. The molecule has 1 heterocycles. The molecule has 92 valence electrons. The van der Waals surface area contributed by atoms with E-state index >= 15 is 0 Å². The maximum Gasteiger partial charge on any atom is 0.273 e. The lowest BCUT2D eigenvalue weighted by molar-refractivity contribution is 0.0910. The Morgan fingerprint density at radius 2 is 2.24 bits per heavy atom. The van der Waals surface area contributed by atoms with Crippen LogP contribution >= 0.6 is 11.8 Å². The Balaban J connectivity index is 1.98. The first-order chi connectivity index (χ1) is 8.10. The number of aromatic hydroxyl groups is 1. The molecule has 0 spiro atoms. The molecule has 1 aliphatic rings. The molecule has 1 fully saturated rings. The molecule has 0 radical (unpaired) electrons. The van der Waals surface area contributed by atoms with Crippen LogP contribution in [-0.4, -0.2) is 33.5 Å². The third kappa shape index (κ3) is 2.72. The topological polar surface area (TPSA) is 62.2 Å². The number of nitrogens with one attached hydrogen (secondary N) is 1. The first-order valence-electron chi connectivity index (χ1n) is 5.60. The van der Waals surface area contributed by atoms with Gasteiger partial charge in [0.25, 0.3) is 5.91 Å². The van der Waals surface area contributed by atoms with E-state index in [0.717, 1.165) is 18.5 Å². The summed E-state index contributed by atoms with van der Waals surface area (Å²) in [5, 5.41) is 13.1. The minimum absolute atomic E-state index is 0.0613. The third-order valence-electron chi connectivity index (χ3n) is 2.99. The van der Waals surface area contributed by atoms with Crippen LogP contribution < -0.4 is 5.32 Å². The Morgan fingerprint density at radius 1 is 1.53 bits per heavy atom. The van der Waals surface area contributed by atoms with Crippen LogP contribution in [0.25, 0.3) is 0 Å². The second kappa shape index (κ2) is 4.96. The van der Waals surface area contributed by atoms with Crippen molar-refractivity contribution in [2.24, 2.45) is 0 Å². The van der Waals surface area contributed by atoms with Crippen molar-refractivity contribution in [2.45, 2.75) is 31.1 Å². The van der Waals surface area contributed by atoms with Gasteiger partial charge in [0.2, 0.25) is 0 Å². The van der Waals surface area contributed by atoms with E-state index in [4.69, 9.17) is 0 Å². The Hall–Kier alpha value is -1.23. The van der Waals surface area contributed by atoms with Gasteiger partial charge in [-0.3, -0.25) is 4.79 Å². The highest BCUT2D eigenvalue weighted by atomic mass is 32.2. The Morgan fingerprint density at radius 3 is 2.88 bits per heavy atom. The van der Waals surface area contributed by atoms with Crippen LogP contribution in [-0.2, 0) is 0 Å². The van der Waals surface area contributed by atoms with Gasteiger partial charge in [-0.05, 0) is 38.2 Å². The number of aryl methyl sites for hydroxylation is 1. The summed E-state index contributed by atoms with van der Waals surface area (Å²) in [6, 6.07) is 3.41. The second-order valence-electron chi connectivity index (χ2n) is 4.32. The van der Waals surface area contributed by atoms with E-state index in [-0.39, 0.29) is 23.4 Å². The molecule has 1 aliphatic carbocycles. The monoisotopic (exact) mass is 252 g/mol. The summed E-state index contributed by atoms with van der Waals surface area (Å²) >= 11 is 1.83. The molecule has 0 bridgehead atoms. The molecule has 0 atom stereocenters. The lowest BCUT2D eigenvalue weighted by atomic mass is 9.92. The molecule has 1 aromatic rings. The van der Waals surface area contributed by atoms with Crippen LogP contribution in [0.5, 0.6) is 5.75 Å². The first kappa shape index (κ1) is 12.2. The number of amides is 1. The maximum absolute atomic E-state index is 11.9. The smallest absolute Gasteiger partial charge is 0.273 e. The van der Waals surface area contributed by atoms with Crippen molar-refractivity contribution in [3.8, 4) is 5.75 Å². The van der Waals surface area contributed by atoms with Crippen LogP contribution in [0.1, 0.15) is 29.0 Å². The van der Waals surface area contributed by atoms with E-state index in [1.165, 1.54) is 6.07 Å². The number of carbonyl (C=O) groups is 1. The quantitative estimate of drug-likeness (QED) is 0.860. The standard InChI is InChI=1S/C12H16N2O2S/c1-7-3-4-10(15)11(13-7)12(16)14-8-5-9(6-8)17-2/h3-4,8-9,15H,5-6H2,1-2H3,(H,14,16). The number of carbonyl (C=O) groups excluding carboxylic acids is 1. The highest BCUT2D eigenvalue weighted by Crippen LogP contribution is 2.30. The van der Waals surface area contributed by atoms with Crippen molar-refractivity contribution >= 4 is 17.7 Å². The van der Waals surface area contributed by atoms with Crippen molar-refractivity contribution in [1.29, 1.82) is 0 Å². The first-order valence-corrected chi connectivity index (χ1v) is 6.89. The van der Waals surface area contributed by atoms with Crippen LogP contribution in [0.3, 0.4) is 0 Å². The largest absolute Gasteiger partial charge is 0.505 e. The van der Waals surface area contributed by atoms with Crippen molar-refractivity contribution in [3.05, 3.63) is 23.5 Å². The molecule has 1 saturated carbocycles. The minimum atomic E-state index is -0.282. The third-order valence-corrected chi connectivity index (χ3v) is 4.04. The molecule has 4 nitrogen and oxygen atoms in total. The van der Waals surface area contributed by atoms with Gasteiger partial charge < -0.3 is 10.4 Å². The molecule has 0 saturated heterocycles. The average Bonchev–Trinajstić information content (AvgIpc) is 2.25. The number of rotatable bonds is 3. The molecule has 2 rings (SSSR count). The summed E-state index contributed by atoms with van der Waals surface area (Å²) in [7, 11) is 0. The van der Waals surface area contributed by atoms with Crippen LogP contribution in [0.2, 0.25) is 0 Å². The zero-order chi connectivity index (χ0) is 12.4. The van der Waals surface area contributed by atoms with Crippen molar-refractivity contribution in [2.75, 3.05) is 6.26 Å². The fraction of sp³-hybridized carbons (Fsp3) is 0.500. The van der Waals surface area contributed by atoms with Crippen molar-refractivity contribution in [3.63, 3.8) is 0 Å². The lowest BCUT2D eigenvalue weighted by Crippen LogP contribution is -2.45. The summed E-state index contributed by atoms with van der Waals surface area (Å²) < 4.78 is 0. The van der Waals surface area contributed by atoms with E-state index in [1.54, 1.807) is 13.0 Å². The van der Waals surface area contributed by atoms with Gasteiger partial charge in [0.05, 0.1) is 0 Å². The molecule has 0 aromatic carbocycles. The maximum atomic E-state index is 11.9.